The fraction of sp³-hybridized carbons (Fsp3) is 0.375. The summed E-state index contributed by atoms with van der Waals surface area (Å²) in [6.07, 6.45) is 12.1. The second kappa shape index (κ2) is 9.31. The standard InChI is InChI=1S/C24H29N3O4/c1-24(2,29)13-6-4-5-8-17-14-19(22(31-3)15-18(17)25)26-23(28)21-10-7-9-20(27(21)30)16-11-12-16/h4-5,7-10,14-16,25,29H,6,11-13H2,1-3H3,(H-,26,28,30)/p+1/b5-4+,17-8-,25-18?. The number of methoxy groups -OCH3 is 1. The molecule has 7 nitrogen and oxygen atoms in total. The summed E-state index contributed by atoms with van der Waals surface area (Å²) in [7, 11) is 1.48. The summed E-state index contributed by atoms with van der Waals surface area (Å²) < 4.78 is 6.29. The lowest BCUT2D eigenvalue weighted by Gasteiger charge is -2.17. The van der Waals surface area contributed by atoms with Crippen LogP contribution in [0.4, 0.5) is 0 Å². The Morgan fingerprint density at radius 3 is 2.74 bits per heavy atom. The van der Waals surface area contributed by atoms with E-state index in [4.69, 9.17) is 10.1 Å². The molecule has 0 aliphatic heterocycles. The Bertz CT molecular complexity index is 993. The Labute approximate surface area is 182 Å². The van der Waals surface area contributed by atoms with Crippen molar-refractivity contribution < 1.29 is 24.6 Å². The minimum Gasteiger partial charge on any atom is -0.494 e. The van der Waals surface area contributed by atoms with E-state index >= 15 is 0 Å². The molecule has 0 saturated heterocycles. The van der Waals surface area contributed by atoms with Crippen LogP contribution in [0, 0.1) is 5.41 Å². The van der Waals surface area contributed by atoms with Crippen LogP contribution in [-0.4, -0.2) is 34.6 Å². The highest BCUT2D eigenvalue weighted by Crippen LogP contribution is 2.38. The van der Waals surface area contributed by atoms with Gasteiger partial charge in [-0.15, -0.1) is 0 Å². The predicted molar refractivity (Wildman–Crippen MR) is 117 cm³/mol. The van der Waals surface area contributed by atoms with E-state index in [-0.39, 0.29) is 11.4 Å². The van der Waals surface area contributed by atoms with E-state index in [1.54, 1.807) is 44.2 Å². The van der Waals surface area contributed by atoms with Crippen molar-refractivity contribution in [3.8, 4) is 0 Å². The maximum absolute atomic E-state index is 12.8. The molecule has 31 heavy (non-hydrogen) atoms. The molecule has 0 unspecified atom stereocenters. The van der Waals surface area contributed by atoms with E-state index < -0.39 is 11.5 Å². The largest absolute Gasteiger partial charge is 0.494 e. The minimum absolute atomic E-state index is 0.137. The lowest BCUT2D eigenvalue weighted by atomic mass is 10.0. The number of ether oxygens (including phenoxy) is 1. The van der Waals surface area contributed by atoms with Crippen molar-refractivity contribution in [3.05, 3.63) is 77.0 Å². The summed E-state index contributed by atoms with van der Waals surface area (Å²) in [5.41, 5.74) is 1.43. The molecule has 0 atom stereocenters. The van der Waals surface area contributed by atoms with Crippen LogP contribution in [0.25, 0.3) is 0 Å². The number of nitrogens with one attached hydrogen (secondary N) is 2. The topological polar surface area (TPSA) is 107 Å². The minimum atomic E-state index is -0.719. The van der Waals surface area contributed by atoms with Gasteiger partial charge in [0.05, 0.1) is 24.1 Å². The van der Waals surface area contributed by atoms with E-state index in [0.717, 1.165) is 23.3 Å². The fourth-order valence-electron chi connectivity index (χ4n) is 3.27. The number of hydrogen-bond acceptors (Lipinski definition) is 5. The first-order valence-electron chi connectivity index (χ1n) is 10.4. The third-order valence-corrected chi connectivity index (χ3v) is 5.18. The summed E-state index contributed by atoms with van der Waals surface area (Å²) in [5.74, 6) is 0.191. The number of carbonyl (C=O) groups excluding carboxylic acids is 1. The lowest BCUT2D eigenvalue weighted by molar-refractivity contribution is -0.910. The molecule has 2 aliphatic carbocycles. The highest BCUT2D eigenvalue weighted by atomic mass is 16.5. The molecule has 0 radical (unpaired) electrons. The number of hydrogen-bond donors (Lipinski definition) is 4. The molecule has 2 aliphatic rings. The molecule has 1 heterocycles. The van der Waals surface area contributed by atoms with Crippen LogP contribution < -0.4 is 10.0 Å². The van der Waals surface area contributed by atoms with Gasteiger partial charge in [0.1, 0.15) is 5.76 Å². The zero-order valence-corrected chi connectivity index (χ0v) is 18.2. The first-order valence-corrected chi connectivity index (χ1v) is 10.4. The van der Waals surface area contributed by atoms with Crippen LogP contribution in [0.1, 0.15) is 61.6 Å². The van der Waals surface area contributed by atoms with E-state index in [2.05, 4.69) is 5.32 Å². The molecule has 0 aromatic carbocycles. The van der Waals surface area contributed by atoms with Crippen molar-refractivity contribution in [2.75, 3.05) is 7.11 Å². The molecule has 1 aromatic rings. The summed E-state index contributed by atoms with van der Waals surface area (Å²) in [6.45, 7) is 3.53. The van der Waals surface area contributed by atoms with Gasteiger partial charge in [-0.05, 0) is 51.7 Å². The average molecular weight is 425 g/mol. The van der Waals surface area contributed by atoms with Gasteiger partial charge in [0.15, 0.2) is 0 Å². The number of carbonyl (C=O) groups is 1. The molecule has 164 valence electrons. The van der Waals surface area contributed by atoms with Crippen molar-refractivity contribution >= 4 is 11.6 Å². The molecule has 3 rings (SSSR count). The SMILES string of the molecule is COC1=CC(=N)/C(=C\C=C\CCC(C)(C)O)C=C1NC(=O)c1cccc(C2CC2)[n+]1O. The first kappa shape index (κ1) is 22.5. The predicted octanol–water partition coefficient (Wildman–Crippen LogP) is 3.30. The number of rotatable bonds is 8. The number of nitrogens with zero attached hydrogens (tertiary/aromatic N) is 1. The number of amides is 1. The third kappa shape index (κ3) is 5.92. The maximum atomic E-state index is 12.8. The van der Waals surface area contributed by atoms with Crippen LogP contribution in [0.5, 0.6) is 0 Å². The van der Waals surface area contributed by atoms with Gasteiger partial charge >= 0.3 is 11.6 Å². The zero-order chi connectivity index (χ0) is 22.6. The van der Waals surface area contributed by atoms with Gasteiger partial charge in [-0.1, -0.05) is 18.2 Å². The quantitative estimate of drug-likeness (QED) is 0.379. The zero-order valence-electron chi connectivity index (χ0n) is 18.2. The van der Waals surface area contributed by atoms with E-state index in [1.807, 2.05) is 18.2 Å². The van der Waals surface area contributed by atoms with Crippen molar-refractivity contribution in [2.45, 2.75) is 51.0 Å². The van der Waals surface area contributed by atoms with Crippen molar-refractivity contribution in [3.63, 3.8) is 0 Å². The van der Waals surface area contributed by atoms with Gasteiger partial charge in [0.25, 0.3) is 0 Å². The Balaban J connectivity index is 1.77. The average Bonchev–Trinajstić information content (AvgIpc) is 3.54. The highest BCUT2D eigenvalue weighted by Gasteiger charge is 2.36. The van der Waals surface area contributed by atoms with Gasteiger partial charge in [0.2, 0.25) is 5.69 Å². The number of pyridine rings is 1. The van der Waals surface area contributed by atoms with E-state index in [0.29, 0.717) is 35.8 Å². The second-order valence-corrected chi connectivity index (χ2v) is 8.46. The summed E-state index contributed by atoms with van der Waals surface area (Å²) >= 11 is 0. The summed E-state index contributed by atoms with van der Waals surface area (Å²) in [4.78, 5) is 12.8. The molecule has 0 spiro atoms. The summed E-state index contributed by atoms with van der Waals surface area (Å²) in [5, 5.41) is 31.2. The number of allylic oxidation sites excluding steroid dienone is 6. The third-order valence-electron chi connectivity index (χ3n) is 5.18. The van der Waals surface area contributed by atoms with Crippen LogP contribution in [0.2, 0.25) is 0 Å². The monoisotopic (exact) mass is 424 g/mol. The second-order valence-electron chi connectivity index (χ2n) is 8.46. The smallest absolute Gasteiger partial charge is 0.325 e. The Hall–Kier alpha value is -3.19. The van der Waals surface area contributed by atoms with Crippen LogP contribution in [0.15, 0.2) is 65.6 Å². The highest BCUT2D eigenvalue weighted by molar-refractivity contribution is 6.10. The first-order chi connectivity index (χ1) is 14.7. The molecular formula is C24H30N3O4+. The Morgan fingerprint density at radius 2 is 2.10 bits per heavy atom. The van der Waals surface area contributed by atoms with Gasteiger partial charge in [0, 0.05) is 34.4 Å². The molecule has 4 N–H and O–H groups in total. The molecule has 1 saturated carbocycles. The van der Waals surface area contributed by atoms with Gasteiger partial charge < -0.3 is 20.6 Å². The normalized spacial score (nSPS) is 18.2. The molecule has 1 fully saturated rings. The number of aromatic nitrogens is 1. The van der Waals surface area contributed by atoms with Gasteiger partial charge in [-0.25, -0.2) is 0 Å². The van der Waals surface area contributed by atoms with Crippen molar-refractivity contribution in [1.82, 2.24) is 5.32 Å². The molecular weight excluding hydrogens is 394 g/mol. The Morgan fingerprint density at radius 1 is 1.35 bits per heavy atom. The van der Waals surface area contributed by atoms with Crippen molar-refractivity contribution in [1.29, 1.82) is 5.41 Å². The lowest BCUT2D eigenvalue weighted by Crippen LogP contribution is -2.45. The molecule has 1 amide bonds. The van der Waals surface area contributed by atoms with Crippen LogP contribution >= 0.6 is 0 Å². The Kier molecular flexibility index (Phi) is 6.75. The molecule has 0 bridgehead atoms. The van der Waals surface area contributed by atoms with Gasteiger partial charge in [-0.2, -0.15) is 0 Å². The van der Waals surface area contributed by atoms with Crippen LogP contribution in [0.3, 0.4) is 0 Å². The molecule has 1 aromatic heterocycles. The number of aliphatic hydroxyl groups is 1. The van der Waals surface area contributed by atoms with Crippen molar-refractivity contribution in [2.24, 2.45) is 0 Å². The fourth-order valence-corrected chi connectivity index (χ4v) is 3.27. The molecule has 7 heteroatoms. The van der Waals surface area contributed by atoms with Gasteiger partial charge in [-0.3, -0.25) is 10.0 Å². The van der Waals surface area contributed by atoms with E-state index in [9.17, 15) is 15.1 Å². The van der Waals surface area contributed by atoms with E-state index in [1.165, 1.54) is 7.11 Å². The summed E-state index contributed by atoms with van der Waals surface area (Å²) in [6, 6.07) is 5.14. The van der Waals surface area contributed by atoms with Crippen LogP contribution in [-0.2, 0) is 4.74 Å². The maximum Gasteiger partial charge on any atom is 0.325 e.